The van der Waals surface area contributed by atoms with Gasteiger partial charge in [-0.05, 0) is 25.5 Å². The van der Waals surface area contributed by atoms with E-state index in [4.69, 9.17) is 4.42 Å². The van der Waals surface area contributed by atoms with E-state index in [-0.39, 0.29) is 6.15 Å². The lowest BCUT2D eigenvalue weighted by atomic mass is 9.97. The van der Waals surface area contributed by atoms with Gasteiger partial charge in [-0.1, -0.05) is 77.9 Å². The first-order valence-electron chi connectivity index (χ1n) is 7.88. The Labute approximate surface area is 142 Å². The van der Waals surface area contributed by atoms with Crippen LogP contribution in [0.2, 0.25) is 0 Å². The largest absolute Gasteiger partial charge is 0.455 e. The van der Waals surface area contributed by atoms with Gasteiger partial charge >= 0.3 is 0 Å². The third-order valence-electron chi connectivity index (χ3n) is 4.25. The quantitative estimate of drug-likeness (QED) is 0.456. The molecule has 120 valence electrons. The van der Waals surface area contributed by atoms with Crippen molar-refractivity contribution in [3.05, 3.63) is 83.9 Å². The van der Waals surface area contributed by atoms with Gasteiger partial charge in [0.2, 0.25) is 0 Å². The summed E-state index contributed by atoms with van der Waals surface area (Å²) in [6, 6.07) is 25.4. The van der Waals surface area contributed by atoms with Crippen molar-refractivity contribution in [1.29, 1.82) is 0 Å². The zero-order chi connectivity index (χ0) is 15.8. The third-order valence-corrected chi connectivity index (χ3v) is 4.25. The van der Waals surface area contributed by atoms with Crippen LogP contribution in [-0.2, 0) is 0 Å². The summed E-state index contributed by atoms with van der Waals surface area (Å²) >= 11 is 0. The van der Waals surface area contributed by atoms with Crippen molar-refractivity contribution in [2.75, 3.05) is 0 Å². The first-order chi connectivity index (χ1) is 11.2. The molecule has 3 aromatic carbocycles. The first-order valence-corrected chi connectivity index (χ1v) is 7.88. The van der Waals surface area contributed by atoms with E-state index in [0.717, 1.165) is 22.3 Å². The maximum absolute atomic E-state index is 6.21. The predicted octanol–water partition coefficient (Wildman–Crippen LogP) is 6.55. The minimum Gasteiger partial charge on any atom is -0.455 e. The third kappa shape index (κ3) is 2.72. The van der Waals surface area contributed by atoms with Crippen molar-refractivity contribution in [2.45, 2.75) is 13.8 Å². The molecule has 0 saturated heterocycles. The standard InChI is InChI=1S/C22H18O.H3N/c1-15-7-11-17(12-8-15)21-19-5-3-4-6-20(19)23-22(21)18-13-9-16(2)10-14-18;/h3-14H,1-2H3;1H3. The Hall–Kier alpha value is -2.84. The predicted molar refractivity (Wildman–Crippen MR) is 102 cm³/mol. The number of benzene rings is 3. The van der Waals surface area contributed by atoms with Crippen LogP contribution < -0.4 is 6.15 Å². The lowest BCUT2D eigenvalue weighted by Gasteiger charge is -2.05. The molecule has 4 rings (SSSR count). The minimum atomic E-state index is 0. The highest BCUT2D eigenvalue weighted by molar-refractivity contribution is 6.01. The van der Waals surface area contributed by atoms with Crippen molar-refractivity contribution in [1.82, 2.24) is 6.15 Å². The molecule has 0 saturated carbocycles. The molecule has 0 amide bonds. The Morgan fingerprint density at radius 3 is 1.79 bits per heavy atom. The van der Waals surface area contributed by atoms with Gasteiger partial charge in [0, 0.05) is 16.5 Å². The molecule has 0 radical (unpaired) electrons. The van der Waals surface area contributed by atoms with Crippen LogP contribution in [0.1, 0.15) is 11.1 Å². The molecule has 3 N–H and O–H groups in total. The average molecular weight is 315 g/mol. The fourth-order valence-corrected chi connectivity index (χ4v) is 2.96. The second-order valence-corrected chi connectivity index (χ2v) is 6.03. The molecule has 0 aliphatic carbocycles. The SMILES string of the molecule is Cc1ccc(-c2oc3ccccc3c2-c2ccc(C)cc2)cc1.N. The average Bonchev–Trinajstić information content (AvgIpc) is 2.96. The van der Waals surface area contributed by atoms with Crippen LogP contribution >= 0.6 is 0 Å². The molecule has 0 fully saturated rings. The van der Waals surface area contributed by atoms with E-state index >= 15 is 0 Å². The van der Waals surface area contributed by atoms with E-state index in [9.17, 15) is 0 Å². The number of hydrogen-bond donors (Lipinski definition) is 1. The van der Waals surface area contributed by atoms with Crippen LogP contribution in [-0.4, -0.2) is 0 Å². The molecule has 24 heavy (non-hydrogen) atoms. The van der Waals surface area contributed by atoms with Gasteiger partial charge in [0.1, 0.15) is 11.3 Å². The highest BCUT2D eigenvalue weighted by Crippen LogP contribution is 2.40. The maximum Gasteiger partial charge on any atom is 0.143 e. The molecule has 0 unspecified atom stereocenters. The topological polar surface area (TPSA) is 48.1 Å². The fourth-order valence-electron chi connectivity index (χ4n) is 2.96. The van der Waals surface area contributed by atoms with Gasteiger partial charge in [-0.3, -0.25) is 0 Å². The van der Waals surface area contributed by atoms with Crippen molar-refractivity contribution in [3.63, 3.8) is 0 Å². The Morgan fingerprint density at radius 2 is 1.17 bits per heavy atom. The monoisotopic (exact) mass is 315 g/mol. The molecule has 2 heteroatoms. The van der Waals surface area contributed by atoms with Gasteiger partial charge in [0.15, 0.2) is 0 Å². The van der Waals surface area contributed by atoms with Crippen molar-refractivity contribution >= 4 is 11.0 Å². The molecular formula is C22H21NO. The van der Waals surface area contributed by atoms with Gasteiger partial charge < -0.3 is 10.6 Å². The van der Waals surface area contributed by atoms with Crippen LogP contribution in [0, 0.1) is 13.8 Å². The Kier molecular flexibility index (Phi) is 4.24. The van der Waals surface area contributed by atoms with E-state index in [2.05, 4.69) is 74.5 Å². The molecule has 2 nitrogen and oxygen atoms in total. The number of furan rings is 1. The molecule has 0 bridgehead atoms. The summed E-state index contributed by atoms with van der Waals surface area (Å²) in [5.41, 5.74) is 6.92. The molecule has 1 aromatic heterocycles. The highest BCUT2D eigenvalue weighted by Gasteiger charge is 2.17. The van der Waals surface area contributed by atoms with Gasteiger partial charge in [0.05, 0.1) is 0 Å². The smallest absolute Gasteiger partial charge is 0.143 e. The number of rotatable bonds is 2. The van der Waals surface area contributed by atoms with E-state index in [1.165, 1.54) is 22.3 Å². The van der Waals surface area contributed by atoms with E-state index in [1.54, 1.807) is 0 Å². The summed E-state index contributed by atoms with van der Waals surface area (Å²) in [5.74, 6) is 0.940. The van der Waals surface area contributed by atoms with Crippen LogP contribution in [0.5, 0.6) is 0 Å². The van der Waals surface area contributed by atoms with Crippen molar-refractivity contribution < 1.29 is 4.42 Å². The maximum atomic E-state index is 6.21. The number of aryl methyl sites for hydroxylation is 2. The zero-order valence-electron chi connectivity index (χ0n) is 14.0. The lowest BCUT2D eigenvalue weighted by Crippen LogP contribution is -1.82. The summed E-state index contributed by atoms with van der Waals surface area (Å²) in [6.07, 6.45) is 0. The molecule has 0 spiro atoms. The van der Waals surface area contributed by atoms with Gasteiger partial charge in [-0.25, -0.2) is 0 Å². The summed E-state index contributed by atoms with van der Waals surface area (Å²) in [4.78, 5) is 0. The van der Waals surface area contributed by atoms with E-state index in [0.29, 0.717) is 0 Å². The van der Waals surface area contributed by atoms with Crippen LogP contribution in [0.3, 0.4) is 0 Å². The van der Waals surface area contributed by atoms with E-state index in [1.807, 2.05) is 12.1 Å². The molecule has 1 heterocycles. The summed E-state index contributed by atoms with van der Waals surface area (Å²) in [7, 11) is 0. The zero-order valence-corrected chi connectivity index (χ0v) is 14.0. The minimum absolute atomic E-state index is 0. The molecular weight excluding hydrogens is 294 g/mol. The second-order valence-electron chi connectivity index (χ2n) is 6.03. The second kappa shape index (κ2) is 6.34. The highest BCUT2D eigenvalue weighted by atomic mass is 16.3. The number of para-hydroxylation sites is 1. The van der Waals surface area contributed by atoms with Gasteiger partial charge in [-0.15, -0.1) is 0 Å². The Morgan fingerprint density at radius 1 is 0.625 bits per heavy atom. The van der Waals surface area contributed by atoms with Crippen molar-refractivity contribution in [2.24, 2.45) is 0 Å². The number of fused-ring (bicyclic) bond motifs is 1. The van der Waals surface area contributed by atoms with Gasteiger partial charge in [0.25, 0.3) is 0 Å². The summed E-state index contributed by atoms with van der Waals surface area (Å²) in [5, 5.41) is 1.16. The normalized spacial score (nSPS) is 10.6. The number of hydrogen-bond acceptors (Lipinski definition) is 2. The molecule has 0 aliphatic heterocycles. The molecule has 0 atom stereocenters. The Bertz CT molecular complexity index is 963. The van der Waals surface area contributed by atoms with Crippen LogP contribution in [0.25, 0.3) is 33.4 Å². The summed E-state index contributed by atoms with van der Waals surface area (Å²) in [6.45, 7) is 4.21. The molecule has 4 aromatic rings. The van der Waals surface area contributed by atoms with Crippen LogP contribution in [0.15, 0.2) is 77.2 Å². The lowest BCUT2D eigenvalue weighted by molar-refractivity contribution is 0.632. The fraction of sp³-hybridized carbons (Fsp3) is 0.0909. The summed E-state index contributed by atoms with van der Waals surface area (Å²) < 4.78 is 6.21. The van der Waals surface area contributed by atoms with Crippen LogP contribution in [0.4, 0.5) is 0 Å². The molecule has 0 aliphatic rings. The Balaban J connectivity index is 0.00000169. The van der Waals surface area contributed by atoms with Crippen molar-refractivity contribution in [3.8, 4) is 22.5 Å². The first kappa shape index (κ1) is 16.0. The van der Waals surface area contributed by atoms with E-state index < -0.39 is 0 Å². The van der Waals surface area contributed by atoms with Gasteiger partial charge in [-0.2, -0.15) is 0 Å².